The molecular weight excluding hydrogens is 296 g/mol. The third kappa shape index (κ3) is 3.80. The van der Waals surface area contributed by atoms with Gasteiger partial charge < -0.3 is 4.74 Å². The normalized spacial score (nSPS) is 17.5. The minimum absolute atomic E-state index is 0.182. The van der Waals surface area contributed by atoms with Crippen LogP contribution in [0.25, 0.3) is 0 Å². The van der Waals surface area contributed by atoms with E-state index in [9.17, 15) is 10.1 Å². The lowest BCUT2D eigenvalue weighted by atomic mass is 9.71. The summed E-state index contributed by atoms with van der Waals surface area (Å²) in [5, 5.41) is 9.99. The van der Waals surface area contributed by atoms with Crippen molar-refractivity contribution in [2.75, 3.05) is 12.9 Å². The number of nitriles is 1. The Kier molecular flexibility index (Phi) is 5.12. The summed E-state index contributed by atoms with van der Waals surface area (Å²) in [7, 11) is 1.36. The van der Waals surface area contributed by atoms with Crippen LogP contribution in [0.2, 0.25) is 0 Å². The zero-order chi connectivity index (χ0) is 16.3. The number of esters is 1. The lowest BCUT2D eigenvalue weighted by Crippen LogP contribution is -2.27. The number of thioether (sulfide) groups is 1. The number of fused-ring (bicyclic) bond motifs is 1. The van der Waals surface area contributed by atoms with Gasteiger partial charge in [0.1, 0.15) is 11.1 Å². The maximum absolute atomic E-state index is 11.3. The van der Waals surface area contributed by atoms with Crippen LogP contribution in [0.5, 0.6) is 0 Å². The van der Waals surface area contributed by atoms with E-state index in [2.05, 4.69) is 36.6 Å². The van der Waals surface area contributed by atoms with Crippen molar-refractivity contribution in [3.63, 3.8) is 0 Å². The molecule has 1 unspecified atom stereocenters. The number of carbonyl (C=O) groups is 1. The molecule has 0 radical (unpaired) electrons. The molecule has 1 heterocycles. The predicted octanol–water partition coefficient (Wildman–Crippen LogP) is 3.37. The van der Waals surface area contributed by atoms with Gasteiger partial charge in [-0.15, -0.1) is 0 Å². The van der Waals surface area contributed by atoms with Crippen LogP contribution in [-0.2, 0) is 22.4 Å². The minimum Gasteiger partial charge on any atom is -0.468 e. The van der Waals surface area contributed by atoms with Crippen LogP contribution in [0.4, 0.5) is 0 Å². The maximum Gasteiger partial charge on any atom is 0.316 e. The van der Waals surface area contributed by atoms with Gasteiger partial charge in [0.05, 0.1) is 18.4 Å². The van der Waals surface area contributed by atoms with Gasteiger partial charge in [0.25, 0.3) is 0 Å². The number of aromatic nitrogens is 1. The van der Waals surface area contributed by atoms with Crippen molar-refractivity contribution < 1.29 is 9.53 Å². The third-order valence-corrected chi connectivity index (χ3v) is 5.22. The Labute approximate surface area is 136 Å². The van der Waals surface area contributed by atoms with Gasteiger partial charge >= 0.3 is 5.97 Å². The molecule has 0 aromatic carbocycles. The van der Waals surface area contributed by atoms with Crippen LogP contribution in [0.15, 0.2) is 11.1 Å². The van der Waals surface area contributed by atoms with Crippen LogP contribution in [0, 0.1) is 22.7 Å². The zero-order valence-corrected chi connectivity index (χ0v) is 14.4. The van der Waals surface area contributed by atoms with Crippen LogP contribution in [0.3, 0.4) is 0 Å². The minimum atomic E-state index is -0.304. The zero-order valence-electron chi connectivity index (χ0n) is 13.6. The van der Waals surface area contributed by atoms with Crippen LogP contribution < -0.4 is 0 Å². The summed E-state index contributed by atoms with van der Waals surface area (Å²) in [6.07, 6.45) is 3.04. The van der Waals surface area contributed by atoms with Crippen LogP contribution in [-0.4, -0.2) is 23.8 Å². The van der Waals surface area contributed by atoms with E-state index < -0.39 is 0 Å². The highest BCUT2D eigenvalue weighted by atomic mass is 32.2. The van der Waals surface area contributed by atoms with Crippen molar-refractivity contribution in [2.24, 2.45) is 11.3 Å². The highest BCUT2D eigenvalue weighted by Crippen LogP contribution is 2.38. The summed E-state index contributed by atoms with van der Waals surface area (Å²) in [6.45, 7) is 6.80. The Morgan fingerprint density at radius 2 is 2.27 bits per heavy atom. The Morgan fingerprint density at radius 1 is 1.55 bits per heavy atom. The Bertz CT molecular complexity index is 614. The fraction of sp³-hybridized carbons (Fsp3) is 0.588. The molecule has 1 aromatic rings. The molecule has 0 fully saturated rings. The molecule has 4 nitrogen and oxygen atoms in total. The van der Waals surface area contributed by atoms with Gasteiger partial charge in [-0.3, -0.25) is 4.79 Å². The molecule has 1 atom stereocenters. The number of methoxy groups -OCH3 is 1. The molecule has 0 bridgehead atoms. The standard InChI is InChI=1S/C17H22N2O2S/c1-17(2,3)13-5-6-14-11(8-13)7-12(9-18)16(19-14)22-10-15(20)21-4/h7,13H,5-6,8,10H2,1-4H3. The maximum atomic E-state index is 11.3. The number of pyridine rings is 1. The van der Waals surface area contributed by atoms with Gasteiger partial charge in [-0.1, -0.05) is 32.5 Å². The van der Waals surface area contributed by atoms with Gasteiger partial charge in [-0.25, -0.2) is 4.98 Å². The van der Waals surface area contributed by atoms with E-state index in [1.165, 1.54) is 24.4 Å². The van der Waals surface area contributed by atoms with Crippen LogP contribution in [0.1, 0.15) is 44.0 Å². The fourth-order valence-electron chi connectivity index (χ4n) is 2.76. The van der Waals surface area contributed by atoms with E-state index in [0.29, 0.717) is 16.5 Å². The molecular formula is C17H22N2O2S. The summed E-state index contributed by atoms with van der Waals surface area (Å²) >= 11 is 1.28. The molecule has 0 saturated heterocycles. The van der Waals surface area contributed by atoms with Crippen molar-refractivity contribution in [2.45, 2.75) is 45.1 Å². The first kappa shape index (κ1) is 16.8. The average Bonchev–Trinajstić information content (AvgIpc) is 2.49. The molecule has 1 aliphatic carbocycles. The van der Waals surface area contributed by atoms with Crippen molar-refractivity contribution in [1.29, 1.82) is 5.26 Å². The predicted molar refractivity (Wildman–Crippen MR) is 86.7 cm³/mol. The van der Waals surface area contributed by atoms with Gasteiger partial charge in [-0.2, -0.15) is 5.26 Å². The lowest BCUT2D eigenvalue weighted by molar-refractivity contribution is -0.137. The largest absolute Gasteiger partial charge is 0.468 e. The SMILES string of the molecule is COC(=O)CSc1nc2c(cc1C#N)CC(C(C)(C)C)CC2. The molecule has 118 valence electrons. The van der Waals surface area contributed by atoms with Gasteiger partial charge in [-0.05, 0) is 42.2 Å². The highest BCUT2D eigenvalue weighted by Gasteiger charge is 2.30. The Hall–Kier alpha value is -1.54. The smallest absolute Gasteiger partial charge is 0.316 e. The van der Waals surface area contributed by atoms with E-state index in [-0.39, 0.29) is 17.1 Å². The van der Waals surface area contributed by atoms with Crippen LogP contribution >= 0.6 is 11.8 Å². The van der Waals surface area contributed by atoms with Gasteiger partial charge in [0, 0.05) is 5.69 Å². The summed E-state index contributed by atoms with van der Waals surface area (Å²) < 4.78 is 4.64. The van der Waals surface area contributed by atoms with E-state index in [4.69, 9.17) is 0 Å². The van der Waals surface area contributed by atoms with Gasteiger partial charge in [0.15, 0.2) is 0 Å². The number of rotatable bonds is 3. The Balaban J connectivity index is 2.24. The molecule has 0 aliphatic heterocycles. The average molecular weight is 318 g/mol. The second-order valence-electron chi connectivity index (χ2n) is 6.73. The molecule has 0 saturated carbocycles. The molecule has 1 aliphatic rings. The van der Waals surface area contributed by atoms with E-state index in [1.807, 2.05) is 6.07 Å². The molecule has 5 heteroatoms. The molecule has 2 rings (SSSR count). The lowest BCUT2D eigenvalue weighted by Gasteiger charge is -2.34. The first-order valence-corrected chi connectivity index (χ1v) is 8.46. The molecule has 0 N–H and O–H groups in total. The van der Waals surface area contributed by atoms with Crippen molar-refractivity contribution >= 4 is 17.7 Å². The summed E-state index contributed by atoms with van der Waals surface area (Å²) in [6, 6.07) is 4.16. The first-order valence-electron chi connectivity index (χ1n) is 7.47. The fourth-order valence-corrected chi connectivity index (χ4v) is 3.57. The number of hydrogen-bond acceptors (Lipinski definition) is 5. The van der Waals surface area contributed by atoms with Crippen molar-refractivity contribution in [3.05, 3.63) is 22.9 Å². The van der Waals surface area contributed by atoms with Crippen molar-refractivity contribution in [3.8, 4) is 6.07 Å². The van der Waals surface area contributed by atoms with E-state index >= 15 is 0 Å². The number of hydrogen-bond donors (Lipinski definition) is 0. The summed E-state index contributed by atoms with van der Waals surface area (Å²) in [5.74, 6) is 0.491. The highest BCUT2D eigenvalue weighted by molar-refractivity contribution is 7.99. The summed E-state index contributed by atoms with van der Waals surface area (Å²) in [5.41, 5.74) is 3.09. The van der Waals surface area contributed by atoms with Crippen molar-refractivity contribution in [1.82, 2.24) is 4.98 Å². The number of aryl methyl sites for hydroxylation is 1. The molecule has 1 aromatic heterocycles. The second-order valence-corrected chi connectivity index (χ2v) is 7.69. The number of carbonyl (C=O) groups excluding carboxylic acids is 1. The number of nitrogens with zero attached hydrogens (tertiary/aromatic N) is 2. The number of ether oxygens (including phenoxy) is 1. The summed E-state index contributed by atoms with van der Waals surface area (Å²) in [4.78, 5) is 15.9. The molecule has 0 spiro atoms. The van der Waals surface area contributed by atoms with E-state index in [0.717, 1.165) is 25.0 Å². The van der Waals surface area contributed by atoms with E-state index in [1.54, 1.807) is 0 Å². The molecule has 0 amide bonds. The van der Waals surface area contributed by atoms with Gasteiger partial charge in [0.2, 0.25) is 0 Å². The first-order chi connectivity index (χ1) is 10.3. The quantitative estimate of drug-likeness (QED) is 0.631. The third-order valence-electron chi connectivity index (χ3n) is 4.25. The topological polar surface area (TPSA) is 63.0 Å². The Morgan fingerprint density at radius 3 is 2.86 bits per heavy atom. The molecule has 22 heavy (non-hydrogen) atoms. The second kappa shape index (κ2) is 6.70. The monoisotopic (exact) mass is 318 g/mol.